The fraction of sp³-hybridized carbons (Fsp3) is 0. The number of nitrogens with two attached hydrogens (primary N) is 2. The molecule has 0 fully saturated rings. The number of rotatable bonds is 15. The van der Waals surface area contributed by atoms with Crippen LogP contribution in [0, 0.1) is 0 Å². The van der Waals surface area contributed by atoms with E-state index in [1.807, 2.05) is 0 Å². The van der Waals surface area contributed by atoms with E-state index in [9.17, 15) is 106 Å². The van der Waals surface area contributed by atoms with Gasteiger partial charge in [0, 0.05) is 32.6 Å². The molecular weight excluding hydrogens is 1460 g/mol. The molecule has 9 aromatic carbocycles. The Morgan fingerprint density at radius 1 is 0.305 bits per heavy atom. The van der Waals surface area contributed by atoms with E-state index in [1.54, 1.807) is 0 Å². The summed E-state index contributed by atoms with van der Waals surface area (Å²) >= 11 is 0. The van der Waals surface area contributed by atoms with Crippen molar-refractivity contribution in [1.29, 1.82) is 0 Å². The second kappa shape index (κ2) is 26.4. The van der Waals surface area contributed by atoms with Gasteiger partial charge in [0.2, 0.25) is 0 Å². The number of hydrogen-bond acceptors (Lipinski definition) is 33. The van der Waals surface area contributed by atoms with E-state index in [2.05, 4.69) is 40.9 Å². The minimum atomic E-state index is -5.76. The maximum atomic E-state index is 13.2. The van der Waals surface area contributed by atoms with Gasteiger partial charge in [0.15, 0.2) is 17.2 Å². The number of azo groups is 4. The molecule has 0 amide bonds. The second-order valence-electron chi connectivity index (χ2n) is 18.2. The third kappa shape index (κ3) is 16.2. The first-order valence-electron chi connectivity index (χ1n) is 23.8. The van der Waals surface area contributed by atoms with Crippen LogP contribution < -0.4 is 11.5 Å². The monoisotopic (exact) mass is 1490 g/mol. The number of phenols is 3. The van der Waals surface area contributed by atoms with E-state index in [-0.39, 0.29) is 33.6 Å². The number of benzene rings is 9. The van der Waals surface area contributed by atoms with Gasteiger partial charge in [-0.05, 0) is 89.6 Å². The quantitative estimate of drug-likeness (QED) is 0.0280. The van der Waals surface area contributed by atoms with Gasteiger partial charge in [-0.2, -0.15) is 58.9 Å². The molecule has 0 spiro atoms. The van der Waals surface area contributed by atoms with E-state index in [0.29, 0.717) is 12.1 Å². The number of phenolic OH excluding ortho intramolecular Hbond substituents is 3. The molecule has 0 atom stereocenters. The topological polar surface area (TPSA) is 695 Å². The molecule has 0 aliphatic rings. The molecule has 14 N–H and O–H groups in total. The Morgan fingerprint density at radius 3 is 1.22 bits per heavy atom. The first-order valence-corrected chi connectivity index (χ1v) is 35.9. The van der Waals surface area contributed by atoms with Crippen LogP contribution >= 0.6 is 0 Å². The van der Waals surface area contributed by atoms with Crippen molar-refractivity contribution >= 4 is 192 Å². The van der Waals surface area contributed by atoms with Crippen LogP contribution in [0.25, 0.3) is 43.1 Å². The van der Waals surface area contributed by atoms with E-state index >= 15 is 0 Å². The highest BCUT2D eigenvalue weighted by Crippen LogP contribution is 2.50. The van der Waals surface area contributed by atoms with Crippen LogP contribution in [0.2, 0.25) is 0 Å². The van der Waals surface area contributed by atoms with Crippen LogP contribution in [-0.4, -0.2) is 131 Å². The summed E-state index contributed by atoms with van der Waals surface area (Å²) in [4.78, 5) is -7.85. The minimum Gasteiger partial charge on any atom is -0.505 e. The summed E-state index contributed by atoms with van der Waals surface area (Å²) in [6, 6.07) is 16.0. The Hall–Kier alpha value is -9.97. The molecule has 0 unspecified atom stereocenters. The highest BCUT2D eigenvalue weighted by Gasteiger charge is 2.31. The first-order chi connectivity index (χ1) is 43.6. The molecule has 49 heteroatoms. The third-order valence-corrected chi connectivity index (χ3v) is 18.6. The number of fused-ring (bicyclic) bond motifs is 4. The van der Waals surface area contributed by atoms with E-state index < -0.39 is 216 Å². The summed E-state index contributed by atoms with van der Waals surface area (Å²) in [7, 11) is -43.7. The predicted octanol–water partition coefficient (Wildman–Crippen LogP) is 6.96. The number of nitrogens with zero attached hydrogens (tertiary/aromatic N) is 8. The van der Waals surface area contributed by atoms with Crippen LogP contribution in [0.15, 0.2) is 184 Å². The number of anilines is 2. The molecule has 95 heavy (non-hydrogen) atoms. The van der Waals surface area contributed by atoms with Crippen molar-refractivity contribution in [2.45, 2.75) is 34.3 Å². The lowest BCUT2D eigenvalue weighted by molar-refractivity contribution is 0.471. The lowest BCUT2D eigenvalue weighted by atomic mass is 10.1. The molecule has 0 saturated carbocycles. The molecule has 0 radical (unpaired) electrons. The molecule has 0 saturated heterocycles. The van der Waals surface area contributed by atoms with Crippen LogP contribution in [0.3, 0.4) is 0 Å². The molecular formula is C46H32N10O30S9. The van der Waals surface area contributed by atoms with Crippen molar-refractivity contribution < 1.29 is 131 Å². The molecule has 500 valence electrons. The van der Waals surface area contributed by atoms with Crippen LogP contribution in [0.5, 0.6) is 17.2 Å². The van der Waals surface area contributed by atoms with Crippen molar-refractivity contribution in [2.24, 2.45) is 40.9 Å². The summed E-state index contributed by atoms with van der Waals surface area (Å²) < 4.78 is 298. The average Bonchev–Trinajstić information content (AvgIpc) is 0.756. The zero-order valence-corrected chi connectivity index (χ0v) is 52.8. The lowest BCUT2D eigenvalue weighted by Crippen LogP contribution is -2.04. The van der Waals surface area contributed by atoms with Gasteiger partial charge in [-0.3, -0.25) is 31.9 Å². The predicted molar refractivity (Wildman–Crippen MR) is 321 cm³/mol. The van der Waals surface area contributed by atoms with Crippen LogP contribution in [-0.2, 0) is 92.0 Å². The van der Waals surface area contributed by atoms with Crippen LogP contribution in [0.1, 0.15) is 0 Å². The second-order valence-corrected chi connectivity index (χ2v) is 28.7. The van der Waals surface area contributed by atoms with Gasteiger partial charge in [0.25, 0.3) is 70.8 Å². The molecule has 0 bridgehead atoms. The van der Waals surface area contributed by atoms with Gasteiger partial charge in [0.1, 0.15) is 79.8 Å². The summed E-state index contributed by atoms with van der Waals surface area (Å²) in [5.74, 6) is -3.13. The van der Waals surface area contributed by atoms with E-state index in [1.165, 1.54) is 12.1 Å². The molecule has 0 heterocycles. The smallest absolute Gasteiger partial charge is 0.425 e. The van der Waals surface area contributed by atoms with Crippen LogP contribution in [0.4, 0.5) is 56.9 Å². The first kappa shape index (κ1) is 72.5. The normalized spacial score (nSPS) is 12.8. The minimum absolute atomic E-state index is 0.0722. The molecule has 0 aliphatic heterocycles. The molecule has 9 aromatic rings. The summed E-state index contributed by atoms with van der Waals surface area (Å²) in [5.41, 5.74) is 4.54. The number of nitrogen functional groups attached to an aromatic ring is 2. The highest BCUT2D eigenvalue weighted by molar-refractivity contribution is 7.87. The molecule has 0 aliphatic carbocycles. The van der Waals surface area contributed by atoms with Gasteiger partial charge in [-0.15, -0.1) is 66.2 Å². The Morgan fingerprint density at radius 2 is 0.705 bits per heavy atom. The molecule has 0 aromatic heterocycles. The van der Waals surface area contributed by atoms with Crippen molar-refractivity contribution in [2.75, 3.05) is 11.5 Å². The van der Waals surface area contributed by atoms with Gasteiger partial charge in [-0.1, -0.05) is 30.3 Å². The van der Waals surface area contributed by atoms with Crippen molar-refractivity contribution in [1.82, 2.24) is 0 Å². The third-order valence-electron chi connectivity index (χ3n) is 12.3. The standard InChI is InChI=1S/C46H32N10O24S7.2O3S/c47-21-6-11-27(35(16-21)83(66,67)68)49-50-28-9-4-19-14-34(82(63,64)65)32(17-25(19)42(28)57)54-51-29-10-5-20-15-36(84(69,70)71)40(39(48)38(20)44(29)59)55-52-31-13-8-23-26(46(31)87(78,79)80)18-37(85(72,73)74)41(43(23)58)56-53-30-12-7-22-24(45(30)86(75,76)77)2-1-3-33(22)81(60,61)62;2*1-4(2)3/h1-18,57-59H,47-48H2,(H,60,61,62)(H,63,64,65)(H,66,67,68)(H,69,70,71)(H,72,73,74)(H,75,76,77)(H,78,79,80);;. The Labute approximate surface area is 533 Å². The number of aromatic hydroxyl groups is 3. The largest absolute Gasteiger partial charge is 0.505 e. The molecule has 9 rings (SSSR count). The summed E-state index contributed by atoms with van der Waals surface area (Å²) in [5, 5.41) is 59.9. The average molecular weight is 1490 g/mol. The van der Waals surface area contributed by atoms with Crippen molar-refractivity contribution in [3.05, 3.63) is 109 Å². The highest BCUT2D eigenvalue weighted by atomic mass is 32.2. The summed E-state index contributed by atoms with van der Waals surface area (Å²) in [6.45, 7) is 0. The molecule has 40 nitrogen and oxygen atoms in total. The Kier molecular flexibility index (Phi) is 20.2. The fourth-order valence-electron chi connectivity index (χ4n) is 8.65. The van der Waals surface area contributed by atoms with Crippen molar-refractivity contribution in [3.63, 3.8) is 0 Å². The van der Waals surface area contributed by atoms with Gasteiger partial charge in [0.05, 0.1) is 11.1 Å². The zero-order valence-electron chi connectivity index (χ0n) is 45.4. The number of hydrogen-bond donors (Lipinski definition) is 12. The lowest BCUT2D eigenvalue weighted by Gasteiger charge is -2.14. The Bertz CT molecular complexity index is 6040. The SMILES string of the molecule is Nc1ccc(N=Nc2ccc3cc(S(=O)(=O)O)c(N=Nc4ccc5cc(S(=O)(=O)O)c(N=Nc6ccc7c(O)c(N=Nc8ccc9c(S(=O)(=O)O)cccc9c8S(=O)(=O)O)c(S(=O)(=O)O)cc7c6S(=O)(=O)O)c(N)c5c4O)cc3c2O)c(S(=O)(=O)O)c1.O=S(=O)=O.O=S(=O)=O. The van der Waals surface area contributed by atoms with Gasteiger partial charge < -0.3 is 26.8 Å². The maximum absolute atomic E-state index is 13.2. The fourth-order valence-corrected chi connectivity index (χ4v) is 13.6. The Balaban J connectivity index is 0.00000151. The van der Waals surface area contributed by atoms with Gasteiger partial charge >= 0.3 is 21.2 Å². The van der Waals surface area contributed by atoms with Crippen molar-refractivity contribution in [3.8, 4) is 17.2 Å². The maximum Gasteiger partial charge on any atom is 0.425 e. The van der Waals surface area contributed by atoms with E-state index in [0.717, 1.165) is 78.9 Å². The zero-order chi connectivity index (χ0) is 71.2. The summed E-state index contributed by atoms with van der Waals surface area (Å²) in [6.07, 6.45) is 0. The van der Waals surface area contributed by atoms with E-state index in [4.69, 9.17) is 36.7 Å². The van der Waals surface area contributed by atoms with Gasteiger partial charge in [-0.25, -0.2) is 0 Å².